The lowest BCUT2D eigenvalue weighted by atomic mass is 10.00. The summed E-state index contributed by atoms with van der Waals surface area (Å²) in [5.41, 5.74) is 3.01. The van der Waals surface area contributed by atoms with Gasteiger partial charge in [-0.2, -0.15) is 0 Å². The molecule has 0 radical (unpaired) electrons. The van der Waals surface area contributed by atoms with Gasteiger partial charge in [-0.05, 0) is 44.0 Å². The second-order valence-electron chi connectivity index (χ2n) is 5.46. The van der Waals surface area contributed by atoms with Gasteiger partial charge in [-0.15, -0.1) is 0 Å². The third kappa shape index (κ3) is 3.82. The molecular formula is C18H22FNO. The van der Waals surface area contributed by atoms with Crippen molar-refractivity contribution in [3.05, 3.63) is 65.0 Å². The summed E-state index contributed by atoms with van der Waals surface area (Å²) in [6.07, 6.45) is 0.920. The monoisotopic (exact) mass is 287 g/mol. The van der Waals surface area contributed by atoms with E-state index in [-0.39, 0.29) is 23.7 Å². The number of nitrogens with one attached hydrogen (secondary N) is 1. The van der Waals surface area contributed by atoms with Crippen LogP contribution in [0.2, 0.25) is 0 Å². The zero-order valence-corrected chi connectivity index (χ0v) is 12.7. The molecule has 21 heavy (non-hydrogen) atoms. The minimum Gasteiger partial charge on any atom is -0.508 e. The average molecular weight is 287 g/mol. The average Bonchev–Trinajstić information content (AvgIpc) is 2.48. The van der Waals surface area contributed by atoms with Crippen LogP contribution in [-0.2, 0) is 0 Å². The Kier molecular flexibility index (Phi) is 4.97. The molecule has 2 nitrogen and oxygen atoms in total. The first-order valence-electron chi connectivity index (χ1n) is 7.32. The summed E-state index contributed by atoms with van der Waals surface area (Å²) in [4.78, 5) is 0. The van der Waals surface area contributed by atoms with Crippen molar-refractivity contribution >= 4 is 0 Å². The molecule has 2 rings (SSSR count). The molecule has 0 aliphatic rings. The first kappa shape index (κ1) is 15.5. The fraction of sp³-hybridized carbons (Fsp3) is 0.333. The molecular weight excluding hydrogens is 265 g/mol. The molecule has 0 saturated heterocycles. The van der Waals surface area contributed by atoms with Crippen molar-refractivity contribution in [3.63, 3.8) is 0 Å². The highest BCUT2D eigenvalue weighted by Crippen LogP contribution is 2.28. The van der Waals surface area contributed by atoms with E-state index in [0.717, 1.165) is 6.42 Å². The third-order valence-corrected chi connectivity index (χ3v) is 3.80. The van der Waals surface area contributed by atoms with Crippen LogP contribution >= 0.6 is 0 Å². The van der Waals surface area contributed by atoms with Gasteiger partial charge in [0.1, 0.15) is 11.6 Å². The fourth-order valence-corrected chi connectivity index (χ4v) is 2.51. The Bertz CT molecular complexity index is 595. The zero-order chi connectivity index (χ0) is 15.4. The Morgan fingerprint density at radius 2 is 1.81 bits per heavy atom. The second-order valence-corrected chi connectivity index (χ2v) is 5.46. The Morgan fingerprint density at radius 3 is 2.43 bits per heavy atom. The van der Waals surface area contributed by atoms with Crippen LogP contribution < -0.4 is 5.32 Å². The number of aromatic hydroxyl groups is 1. The number of hydrogen-bond acceptors (Lipinski definition) is 2. The molecule has 0 fully saturated rings. The summed E-state index contributed by atoms with van der Waals surface area (Å²) in [5, 5.41) is 13.4. The molecule has 0 spiro atoms. The minimum absolute atomic E-state index is 0.121. The lowest BCUT2D eigenvalue weighted by Crippen LogP contribution is -2.24. The van der Waals surface area contributed by atoms with E-state index in [2.05, 4.69) is 43.4 Å². The van der Waals surface area contributed by atoms with E-state index < -0.39 is 0 Å². The first-order chi connectivity index (χ1) is 10.0. The lowest BCUT2D eigenvalue weighted by Gasteiger charge is -2.23. The Labute approximate surface area is 125 Å². The van der Waals surface area contributed by atoms with Crippen LogP contribution in [-0.4, -0.2) is 5.11 Å². The molecule has 0 aromatic heterocycles. The van der Waals surface area contributed by atoms with Crippen LogP contribution in [0.15, 0.2) is 42.5 Å². The Hall–Kier alpha value is -1.87. The number of hydrogen-bond donors (Lipinski definition) is 2. The van der Waals surface area contributed by atoms with Gasteiger partial charge in [0.25, 0.3) is 0 Å². The molecule has 112 valence electrons. The SMILES string of the molecule is CCC(NC(C)c1cc(F)ccc1O)c1ccc(C)cc1. The number of aryl methyl sites for hydroxylation is 1. The molecule has 2 aromatic rings. The van der Waals surface area contributed by atoms with Gasteiger partial charge >= 0.3 is 0 Å². The molecule has 0 aliphatic heterocycles. The molecule has 2 unspecified atom stereocenters. The quantitative estimate of drug-likeness (QED) is 0.839. The van der Waals surface area contributed by atoms with Gasteiger partial charge in [0, 0.05) is 17.6 Å². The van der Waals surface area contributed by atoms with E-state index in [4.69, 9.17) is 0 Å². The molecule has 0 bridgehead atoms. The largest absolute Gasteiger partial charge is 0.508 e. The van der Waals surface area contributed by atoms with E-state index in [9.17, 15) is 9.50 Å². The van der Waals surface area contributed by atoms with Crippen molar-refractivity contribution in [2.24, 2.45) is 0 Å². The molecule has 0 heterocycles. The predicted octanol–water partition coefficient (Wildman–Crippen LogP) is 4.64. The van der Waals surface area contributed by atoms with Crippen LogP contribution in [0.3, 0.4) is 0 Å². The third-order valence-electron chi connectivity index (χ3n) is 3.80. The minimum atomic E-state index is -0.333. The van der Waals surface area contributed by atoms with Gasteiger partial charge in [0.2, 0.25) is 0 Å². The van der Waals surface area contributed by atoms with Crippen LogP contribution in [0, 0.1) is 12.7 Å². The Balaban J connectivity index is 2.17. The van der Waals surface area contributed by atoms with Crippen molar-refractivity contribution in [1.29, 1.82) is 0 Å². The first-order valence-corrected chi connectivity index (χ1v) is 7.32. The predicted molar refractivity (Wildman–Crippen MR) is 83.8 cm³/mol. The summed E-state index contributed by atoms with van der Waals surface area (Å²) < 4.78 is 13.4. The summed E-state index contributed by atoms with van der Waals surface area (Å²) in [6, 6.07) is 12.5. The number of rotatable bonds is 5. The molecule has 3 heteroatoms. The van der Waals surface area contributed by atoms with Gasteiger partial charge in [-0.3, -0.25) is 0 Å². The number of phenolic OH excluding ortho intramolecular Hbond substituents is 1. The molecule has 2 N–H and O–H groups in total. The highest BCUT2D eigenvalue weighted by molar-refractivity contribution is 5.35. The van der Waals surface area contributed by atoms with Crippen molar-refractivity contribution in [3.8, 4) is 5.75 Å². The van der Waals surface area contributed by atoms with Crippen LogP contribution in [0.4, 0.5) is 4.39 Å². The maximum atomic E-state index is 13.4. The van der Waals surface area contributed by atoms with E-state index in [0.29, 0.717) is 5.56 Å². The topological polar surface area (TPSA) is 32.3 Å². The van der Waals surface area contributed by atoms with Gasteiger partial charge < -0.3 is 10.4 Å². The molecule has 0 aliphatic carbocycles. The standard InChI is InChI=1S/C18H22FNO/c1-4-17(14-7-5-12(2)6-8-14)20-13(3)16-11-15(19)9-10-18(16)21/h5-11,13,17,20-21H,4H2,1-3H3. The molecule has 2 aromatic carbocycles. The summed E-state index contributed by atoms with van der Waals surface area (Å²) in [5.74, 6) is -0.213. The number of phenols is 1. The molecule has 0 saturated carbocycles. The summed E-state index contributed by atoms with van der Waals surface area (Å²) in [7, 11) is 0. The smallest absolute Gasteiger partial charge is 0.123 e. The number of halogens is 1. The van der Waals surface area contributed by atoms with Crippen LogP contribution in [0.25, 0.3) is 0 Å². The maximum Gasteiger partial charge on any atom is 0.123 e. The summed E-state index contributed by atoms with van der Waals surface area (Å²) in [6.45, 7) is 6.10. The Morgan fingerprint density at radius 1 is 1.14 bits per heavy atom. The normalized spacial score (nSPS) is 13.9. The number of benzene rings is 2. The highest BCUT2D eigenvalue weighted by atomic mass is 19.1. The molecule has 2 atom stereocenters. The van der Waals surface area contributed by atoms with Gasteiger partial charge in [-0.25, -0.2) is 4.39 Å². The maximum absolute atomic E-state index is 13.4. The van der Waals surface area contributed by atoms with Crippen molar-refractivity contribution < 1.29 is 9.50 Å². The van der Waals surface area contributed by atoms with Crippen LogP contribution in [0.5, 0.6) is 5.75 Å². The fourth-order valence-electron chi connectivity index (χ4n) is 2.51. The van der Waals surface area contributed by atoms with Crippen LogP contribution in [0.1, 0.15) is 49.0 Å². The van der Waals surface area contributed by atoms with Gasteiger partial charge in [-0.1, -0.05) is 36.8 Å². The summed E-state index contributed by atoms with van der Waals surface area (Å²) >= 11 is 0. The second kappa shape index (κ2) is 6.72. The van der Waals surface area contributed by atoms with Gasteiger partial charge in [0.05, 0.1) is 0 Å². The van der Waals surface area contributed by atoms with Crippen molar-refractivity contribution in [1.82, 2.24) is 5.32 Å². The van der Waals surface area contributed by atoms with Crippen molar-refractivity contribution in [2.45, 2.75) is 39.3 Å². The van der Waals surface area contributed by atoms with Gasteiger partial charge in [0.15, 0.2) is 0 Å². The van der Waals surface area contributed by atoms with Crippen molar-refractivity contribution in [2.75, 3.05) is 0 Å². The molecule has 0 amide bonds. The van der Waals surface area contributed by atoms with E-state index in [1.54, 1.807) is 0 Å². The zero-order valence-electron chi connectivity index (χ0n) is 12.7. The van der Waals surface area contributed by atoms with E-state index in [1.165, 1.54) is 29.3 Å². The van der Waals surface area contributed by atoms with E-state index >= 15 is 0 Å². The lowest BCUT2D eigenvalue weighted by molar-refractivity contribution is 0.421. The highest BCUT2D eigenvalue weighted by Gasteiger charge is 2.16. The van der Waals surface area contributed by atoms with E-state index in [1.807, 2.05) is 6.92 Å².